The average Bonchev–Trinajstić information content (AvgIpc) is 3.19. The zero-order valence-electron chi connectivity index (χ0n) is 17.7. The van der Waals surface area contributed by atoms with Crippen molar-refractivity contribution in [2.75, 3.05) is 0 Å². The number of aromatic nitrogens is 3. The van der Waals surface area contributed by atoms with Crippen molar-refractivity contribution in [1.82, 2.24) is 15.0 Å². The summed E-state index contributed by atoms with van der Waals surface area (Å²) in [5, 5.41) is 1.29. The Hall–Kier alpha value is -2.67. The van der Waals surface area contributed by atoms with Gasteiger partial charge in [-0.15, -0.1) is 0 Å². The topological polar surface area (TPSA) is 41.6 Å². The standard InChI is InChI=1S/C25H22ClF4N3/c26-16-5-7-22-23(11-16)33-24(32-22)20(13-25(28,29)30)15-3-1-14(2-4-15)18-9-10-31-21-8-6-17(27)12-19(18)21/h5-12,14-15,20H,1-4,13H2,(H,32,33)/t14-,15-,20?. The summed E-state index contributed by atoms with van der Waals surface area (Å²) in [4.78, 5) is 11.9. The lowest BCUT2D eigenvalue weighted by atomic mass is 9.72. The van der Waals surface area contributed by atoms with E-state index in [0.29, 0.717) is 34.7 Å². The van der Waals surface area contributed by atoms with Crippen molar-refractivity contribution in [3.8, 4) is 0 Å². The summed E-state index contributed by atoms with van der Waals surface area (Å²) in [6.07, 6.45) is -0.740. The van der Waals surface area contributed by atoms with Crippen molar-refractivity contribution in [3.63, 3.8) is 0 Å². The third-order valence-electron chi connectivity index (χ3n) is 6.78. The van der Waals surface area contributed by atoms with Crippen LogP contribution in [-0.4, -0.2) is 21.1 Å². The summed E-state index contributed by atoms with van der Waals surface area (Å²) >= 11 is 6.03. The molecule has 0 bridgehead atoms. The van der Waals surface area contributed by atoms with Gasteiger partial charge in [0.2, 0.25) is 0 Å². The molecule has 0 spiro atoms. The van der Waals surface area contributed by atoms with Crippen molar-refractivity contribution in [1.29, 1.82) is 0 Å². The first-order valence-corrected chi connectivity index (χ1v) is 11.4. The van der Waals surface area contributed by atoms with E-state index in [1.54, 1.807) is 30.5 Å². The first-order valence-electron chi connectivity index (χ1n) is 11.0. The van der Waals surface area contributed by atoms with E-state index < -0.39 is 18.5 Å². The molecule has 0 amide bonds. The van der Waals surface area contributed by atoms with Gasteiger partial charge in [-0.05, 0) is 85.5 Å². The number of hydrogen-bond donors (Lipinski definition) is 1. The Morgan fingerprint density at radius 2 is 1.76 bits per heavy atom. The monoisotopic (exact) mass is 475 g/mol. The van der Waals surface area contributed by atoms with Crippen molar-refractivity contribution in [2.45, 2.75) is 50.1 Å². The lowest BCUT2D eigenvalue weighted by Crippen LogP contribution is -2.25. The number of rotatable bonds is 4. The fraction of sp³-hybridized carbons (Fsp3) is 0.360. The Balaban J connectivity index is 1.40. The number of alkyl halides is 3. The molecule has 0 saturated heterocycles. The zero-order valence-corrected chi connectivity index (χ0v) is 18.4. The maximum atomic E-state index is 13.9. The average molecular weight is 476 g/mol. The van der Waals surface area contributed by atoms with Crippen LogP contribution in [0.25, 0.3) is 21.9 Å². The van der Waals surface area contributed by atoms with E-state index in [0.717, 1.165) is 29.3 Å². The van der Waals surface area contributed by atoms with Crippen LogP contribution in [0.4, 0.5) is 17.6 Å². The van der Waals surface area contributed by atoms with Crippen molar-refractivity contribution < 1.29 is 17.6 Å². The molecule has 2 aromatic heterocycles. The van der Waals surface area contributed by atoms with Gasteiger partial charge < -0.3 is 4.98 Å². The Labute approximate surface area is 193 Å². The highest BCUT2D eigenvalue weighted by atomic mass is 35.5. The molecule has 2 aromatic carbocycles. The summed E-state index contributed by atoms with van der Waals surface area (Å²) < 4.78 is 54.4. The second-order valence-corrected chi connectivity index (χ2v) is 9.32. The number of hydrogen-bond acceptors (Lipinski definition) is 2. The molecule has 0 radical (unpaired) electrons. The predicted molar refractivity (Wildman–Crippen MR) is 121 cm³/mol. The SMILES string of the molecule is Fc1ccc2nccc([C@H]3CC[C@H](C(CC(F)(F)F)c4nc5ccc(Cl)cc5[nH]4)CC3)c2c1. The molecule has 1 fully saturated rings. The van der Waals surface area contributed by atoms with Gasteiger partial charge in [-0.25, -0.2) is 9.37 Å². The summed E-state index contributed by atoms with van der Waals surface area (Å²) in [7, 11) is 0. The van der Waals surface area contributed by atoms with Crippen molar-refractivity contribution in [2.24, 2.45) is 5.92 Å². The van der Waals surface area contributed by atoms with Crippen LogP contribution < -0.4 is 0 Å². The maximum absolute atomic E-state index is 13.9. The third kappa shape index (κ3) is 4.69. The highest BCUT2D eigenvalue weighted by Gasteiger charge is 2.39. The number of fused-ring (bicyclic) bond motifs is 2. The predicted octanol–water partition coefficient (Wildman–Crippen LogP) is 7.91. The van der Waals surface area contributed by atoms with Crippen LogP contribution in [0.15, 0.2) is 48.7 Å². The van der Waals surface area contributed by atoms with E-state index in [-0.39, 0.29) is 17.7 Å². The van der Waals surface area contributed by atoms with Crippen LogP contribution in [0, 0.1) is 11.7 Å². The van der Waals surface area contributed by atoms with Gasteiger partial charge in [0.1, 0.15) is 11.6 Å². The van der Waals surface area contributed by atoms with Crippen molar-refractivity contribution in [3.05, 3.63) is 70.9 Å². The van der Waals surface area contributed by atoms with Crippen LogP contribution >= 0.6 is 11.6 Å². The minimum atomic E-state index is -4.29. The molecule has 0 aliphatic heterocycles. The van der Waals surface area contributed by atoms with Gasteiger partial charge in [0.25, 0.3) is 0 Å². The van der Waals surface area contributed by atoms with Crippen LogP contribution in [-0.2, 0) is 0 Å². The molecule has 5 rings (SSSR count). The van der Waals surface area contributed by atoms with E-state index in [4.69, 9.17) is 11.6 Å². The van der Waals surface area contributed by atoms with E-state index in [9.17, 15) is 17.6 Å². The number of imidazole rings is 1. The van der Waals surface area contributed by atoms with Crippen LogP contribution in [0.5, 0.6) is 0 Å². The first-order chi connectivity index (χ1) is 15.8. The quantitative estimate of drug-likeness (QED) is 0.305. The number of nitrogens with zero attached hydrogens (tertiary/aromatic N) is 2. The molecule has 1 saturated carbocycles. The summed E-state index contributed by atoms with van der Waals surface area (Å²) in [6, 6.07) is 11.5. The van der Waals surface area contributed by atoms with Crippen LogP contribution in [0.1, 0.15) is 55.3 Å². The lowest BCUT2D eigenvalue weighted by molar-refractivity contribution is -0.142. The summed E-state index contributed by atoms with van der Waals surface area (Å²) in [6.45, 7) is 0. The number of benzene rings is 2. The molecule has 172 valence electrons. The smallest absolute Gasteiger partial charge is 0.342 e. The highest BCUT2D eigenvalue weighted by molar-refractivity contribution is 6.31. The highest BCUT2D eigenvalue weighted by Crippen LogP contribution is 2.46. The Morgan fingerprint density at radius 3 is 2.52 bits per heavy atom. The molecule has 1 unspecified atom stereocenters. The first kappa shape index (κ1) is 22.1. The van der Waals surface area contributed by atoms with Gasteiger partial charge >= 0.3 is 6.18 Å². The summed E-state index contributed by atoms with van der Waals surface area (Å²) in [5.74, 6) is -0.688. The number of pyridine rings is 1. The van der Waals surface area contributed by atoms with Gasteiger partial charge in [0.15, 0.2) is 0 Å². The molecule has 8 heteroatoms. The van der Waals surface area contributed by atoms with Crippen molar-refractivity contribution >= 4 is 33.5 Å². The van der Waals surface area contributed by atoms with E-state index in [2.05, 4.69) is 15.0 Å². The minimum Gasteiger partial charge on any atom is -0.342 e. The molecule has 1 N–H and O–H groups in total. The molecule has 1 atom stereocenters. The largest absolute Gasteiger partial charge is 0.389 e. The third-order valence-corrected chi connectivity index (χ3v) is 7.02. The molecular formula is C25H22ClF4N3. The zero-order chi connectivity index (χ0) is 23.2. The summed E-state index contributed by atoms with van der Waals surface area (Å²) in [5.41, 5.74) is 3.00. The van der Waals surface area contributed by atoms with E-state index >= 15 is 0 Å². The van der Waals surface area contributed by atoms with E-state index in [1.807, 2.05) is 6.07 Å². The lowest BCUT2D eigenvalue weighted by Gasteiger charge is -2.34. The van der Waals surface area contributed by atoms with Gasteiger partial charge in [-0.3, -0.25) is 4.98 Å². The van der Waals surface area contributed by atoms with Gasteiger partial charge in [-0.1, -0.05) is 11.6 Å². The molecule has 1 aliphatic rings. The normalized spacial score (nSPS) is 20.4. The second-order valence-electron chi connectivity index (χ2n) is 8.88. The number of halogens is 5. The van der Waals surface area contributed by atoms with Crippen LogP contribution in [0.3, 0.4) is 0 Å². The number of nitrogens with one attached hydrogen (secondary N) is 1. The number of H-pyrrole nitrogens is 1. The molecule has 2 heterocycles. The Bertz CT molecular complexity index is 1290. The second kappa shape index (κ2) is 8.60. The fourth-order valence-electron chi connectivity index (χ4n) is 5.24. The molecular weight excluding hydrogens is 454 g/mol. The van der Waals surface area contributed by atoms with Crippen LogP contribution in [0.2, 0.25) is 5.02 Å². The minimum absolute atomic E-state index is 0.149. The fourth-order valence-corrected chi connectivity index (χ4v) is 5.41. The Kier molecular flexibility index (Phi) is 5.77. The molecule has 33 heavy (non-hydrogen) atoms. The molecule has 1 aliphatic carbocycles. The van der Waals surface area contributed by atoms with Gasteiger partial charge in [0, 0.05) is 22.5 Å². The van der Waals surface area contributed by atoms with E-state index in [1.165, 1.54) is 12.1 Å². The van der Waals surface area contributed by atoms with Gasteiger partial charge in [-0.2, -0.15) is 13.2 Å². The van der Waals surface area contributed by atoms with Gasteiger partial charge in [0.05, 0.1) is 23.0 Å². The maximum Gasteiger partial charge on any atom is 0.389 e. The molecule has 3 nitrogen and oxygen atoms in total. The Morgan fingerprint density at radius 1 is 1.00 bits per heavy atom. The molecule has 4 aromatic rings. The number of aromatic amines is 1.